The fourth-order valence-corrected chi connectivity index (χ4v) is 3.69. The van der Waals surface area contributed by atoms with Crippen LogP contribution in [0, 0.1) is 11.8 Å². The summed E-state index contributed by atoms with van der Waals surface area (Å²) in [5.74, 6) is -0.0792. The zero-order chi connectivity index (χ0) is 14.2. The van der Waals surface area contributed by atoms with E-state index in [1.165, 1.54) is 0 Å². The molecule has 1 saturated carbocycles. The fraction of sp³-hybridized carbons (Fsp3) is 0.929. The molecule has 114 valence electrons. The number of aliphatic hydroxyl groups excluding tert-OH is 1. The fourth-order valence-electron chi connectivity index (χ4n) is 3.69. The third-order valence-corrected chi connectivity index (χ3v) is 4.89. The van der Waals surface area contributed by atoms with Crippen molar-refractivity contribution in [1.82, 2.24) is 5.32 Å². The van der Waals surface area contributed by atoms with E-state index in [0.29, 0.717) is 25.7 Å². The van der Waals surface area contributed by atoms with Gasteiger partial charge in [-0.3, -0.25) is 0 Å². The topological polar surface area (TPSA) is 77.0 Å². The van der Waals surface area contributed by atoms with Crippen molar-refractivity contribution >= 4 is 6.09 Å². The third kappa shape index (κ3) is 2.64. The van der Waals surface area contributed by atoms with Gasteiger partial charge in [0.25, 0.3) is 0 Å². The maximum Gasteiger partial charge on any atom is 0.407 e. The minimum atomic E-state index is -0.490. The number of aliphatic hydroxyl groups is 1. The number of hydrogen-bond acceptors (Lipinski definition) is 5. The maximum absolute atomic E-state index is 11.5. The summed E-state index contributed by atoms with van der Waals surface area (Å²) in [6.45, 7) is 3.40. The zero-order valence-electron chi connectivity index (χ0n) is 11.8. The molecule has 0 aromatic rings. The SMILES string of the molecule is CC(O)C1COC(=O)NC1C1CCC2(CC1)OCCO2. The Morgan fingerprint density at radius 2 is 1.95 bits per heavy atom. The molecule has 2 aliphatic heterocycles. The van der Waals surface area contributed by atoms with Gasteiger partial charge in [-0.15, -0.1) is 0 Å². The van der Waals surface area contributed by atoms with E-state index in [2.05, 4.69) is 5.32 Å². The number of cyclic esters (lactones) is 1. The second kappa shape index (κ2) is 5.50. The number of amides is 1. The molecule has 2 saturated heterocycles. The Hall–Kier alpha value is -0.850. The second-order valence-electron chi connectivity index (χ2n) is 6.12. The highest BCUT2D eigenvalue weighted by molar-refractivity contribution is 5.68. The van der Waals surface area contributed by atoms with Gasteiger partial charge in [-0.2, -0.15) is 0 Å². The summed E-state index contributed by atoms with van der Waals surface area (Å²) in [4.78, 5) is 11.5. The standard InChI is InChI=1S/C14H23NO5/c1-9(16)11-8-18-13(17)15-12(11)10-2-4-14(5-3-10)19-6-7-20-14/h9-12,16H,2-8H2,1H3,(H,15,17). The summed E-state index contributed by atoms with van der Waals surface area (Å²) < 4.78 is 16.5. The van der Waals surface area contributed by atoms with Crippen LogP contribution in [0.4, 0.5) is 4.79 Å². The average molecular weight is 285 g/mol. The summed E-state index contributed by atoms with van der Waals surface area (Å²) in [6, 6.07) is -0.0185. The van der Waals surface area contributed by atoms with E-state index >= 15 is 0 Å². The third-order valence-electron chi connectivity index (χ3n) is 4.89. The Morgan fingerprint density at radius 3 is 2.55 bits per heavy atom. The van der Waals surface area contributed by atoms with E-state index in [9.17, 15) is 9.90 Å². The number of rotatable bonds is 2. The quantitative estimate of drug-likeness (QED) is 0.792. The van der Waals surface area contributed by atoms with Gasteiger partial charge in [0.05, 0.1) is 19.3 Å². The molecule has 3 rings (SSSR count). The van der Waals surface area contributed by atoms with Crippen LogP contribution in [0.5, 0.6) is 0 Å². The lowest BCUT2D eigenvalue weighted by atomic mass is 9.75. The molecule has 2 N–H and O–H groups in total. The van der Waals surface area contributed by atoms with Crippen LogP contribution in [0.1, 0.15) is 32.6 Å². The molecule has 2 heterocycles. The Bertz CT molecular complexity index is 357. The summed E-state index contributed by atoms with van der Waals surface area (Å²) in [5.41, 5.74) is 0. The van der Waals surface area contributed by atoms with Crippen LogP contribution in [0.3, 0.4) is 0 Å². The number of nitrogens with one attached hydrogen (secondary N) is 1. The van der Waals surface area contributed by atoms with E-state index in [-0.39, 0.29) is 23.8 Å². The molecule has 0 aromatic carbocycles. The number of carbonyl (C=O) groups is 1. The molecule has 6 heteroatoms. The summed E-state index contributed by atoms with van der Waals surface area (Å²) in [6.07, 6.45) is 2.73. The predicted octanol–water partition coefficient (Wildman–Crippen LogP) is 1.03. The highest BCUT2D eigenvalue weighted by atomic mass is 16.7. The number of carbonyl (C=O) groups excluding carboxylic acids is 1. The van der Waals surface area contributed by atoms with Crippen LogP contribution in [0.25, 0.3) is 0 Å². The van der Waals surface area contributed by atoms with Crippen LogP contribution < -0.4 is 5.32 Å². The van der Waals surface area contributed by atoms with Crippen LogP contribution in [-0.4, -0.2) is 49.0 Å². The van der Waals surface area contributed by atoms with Gasteiger partial charge in [-0.05, 0) is 25.7 Å². The van der Waals surface area contributed by atoms with Gasteiger partial charge in [-0.25, -0.2) is 4.79 Å². The Labute approximate surface area is 118 Å². The molecule has 20 heavy (non-hydrogen) atoms. The van der Waals surface area contributed by atoms with Gasteiger partial charge in [0, 0.05) is 24.8 Å². The molecule has 3 fully saturated rings. The number of ether oxygens (including phenoxy) is 3. The molecule has 0 radical (unpaired) electrons. The number of hydrogen-bond donors (Lipinski definition) is 2. The minimum absolute atomic E-state index is 0.0185. The van der Waals surface area contributed by atoms with Gasteiger partial charge in [0.1, 0.15) is 6.61 Å². The van der Waals surface area contributed by atoms with Gasteiger partial charge in [-0.1, -0.05) is 0 Å². The lowest BCUT2D eigenvalue weighted by Gasteiger charge is -2.43. The van der Waals surface area contributed by atoms with Crippen LogP contribution >= 0.6 is 0 Å². The molecule has 1 aliphatic carbocycles. The second-order valence-corrected chi connectivity index (χ2v) is 6.12. The lowest BCUT2D eigenvalue weighted by Crippen LogP contribution is -2.56. The molecule has 3 atom stereocenters. The Kier molecular flexibility index (Phi) is 3.88. The average Bonchev–Trinajstić information content (AvgIpc) is 2.87. The van der Waals surface area contributed by atoms with Gasteiger partial charge >= 0.3 is 6.09 Å². The predicted molar refractivity (Wildman–Crippen MR) is 70.0 cm³/mol. The maximum atomic E-state index is 11.5. The first kappa shape index (κ1) is 14.1. The van der Waals surface area contributed by atoms with E-state index in [1.807, 2.05) is 0 Å². The van der Waals surface area contributed by atoms with Crippen molar-refractivity contribution in [2.75, 3.05) is 19.8 Å². The first-order valence-corrected chi connectivity index (χ1v) is 7.49. The smallest absolute Gasteiger partial charge is 0.407 e. The van der Waals surface area contributed by atoms with Crippen LogP contribution in [-0.2, 0) is 14.2 Å². The highest BCUT2D eigenvalue weighted by Gasteiger charge is 2.45. The molecule has 3 unspecified atom stereocenters. The van der Waals surface area contributed by atoms with Crippen molar-refractivity contribution in [3.05, 3.63) is 0 Å². The molecule has 1 amide bonds. The van der Waals surface area contributed by atoms with Crippen molar-refractivity contribution in [2.24, 2.45) is 11.8 Å². The summed E-state index contributed by atoms with van der Waals surface area (Å²) in [7, 11) is 0. The van der Waals surface area contributed by atoms with Crippen molar-refractivity contribution in [2.45, 2.75) is 50.5 Å². The summed E-state index contributed by atoms with van der Waals surface area (Å²) >= 11 is 0. The molecule has 6 nitrogen and oxygen atoms in total. The molecule has 0 aromatic heterocycles. The van der Waals surface area contributed by atoms with Crippen molar-refractivity contribution < 1.29 is 24.1 Å². The van der Waals surface area contributed by atoms with E-state index in [0.717, 1.165) is 25.7 Å². The van der Waals surface area contributed by atoms with Crippen molar-refractivity contribution in [3.63, 3.8) is 0 Å². The van der Waals surface area contributed by atoms with Crippen molar-refractivity contribution in [3.8, 4) is 0 Å². The normalized spacial score (nSPS) is 35.6. The van der Waals surface area contributed by atoms with Crippen molar-refractivity contribution in [1.29, 1.82) is 0 Å². The minimum Gasteiger partial charge on any atom is -0.449 e. The van der Waals surface area contributed by atoms with E-state index < -0.39 is 6.10 Å². The molecule has 1 spiro atoms. The Morgan fingerprint density at radius 1 is 1.30 bits per heavy atom. The first-order chi connectivity index (χ1) is 9.60. The summed E-state index contributed by atoms with van der Waals surface area (Å²) in [5, 5.41) is 12.8. The highest BCUT2D eigenvalue weighted by Crippen LogP contribution is 2.41. The van der Waals surface area contributed by atoms with Crippen LogP contribution in [0.2, 0.25) is 0 Å². The molecular formula is C14H23NO5. The Balaban J connectivity index is 1.64. The zero-order valence-corrected chi connectivity index (χ0v) is 11.8. The van der Waals surface area contributed by atoms with E-state index in [1.54, 1.807) is 6.92 Å². The van der Waals surface area contributed by atoms with E-state index in [4.69, 9.17) is 14.2 Å². The monoisotopic (exact) mass is 285 g/mol. The first-order valence-electron chi connectivity index (χ1n) is 7.49. The number of alkyl carbamates (subject to hydrolysis) is 1. The largest absolute Gasteiger partial charge is 0.449 e. The van der Waals surface area contributed by atoms with Gasteiger partial charge in [0.2, 0.25) is 0 Å². The van der Waals surface area contributed by atoms with Gasteiger partial charge in [0.15, 0.2) is 5.79 Å². The molecule has 3 aliphatic rings. The molecular weight excluding hydrogens is 262 g/mol. The molecule has 0 bridgehead atoms. The van der Waals surface area contributed by atoms with Crippen LogP contribution in [0.15, 0.2) is 0 Å². The lowest BCUT2D eigenvalue weighted by molar-refractivity contribution is -0.185. The van der Waals surface area contributed by atoms with Gasteiger partial charge < -0.3 is 24.6 Å².